The van der Waals surface area contributed by atoms with Crippen molar-refractivity contribution in [3.63, 3.8) is 0 Å². The van der Waals surface area contributed by atoms with Gasteiger partial charge in [-0.1, -0.05) is 6.92 Å². The van der Waals surface area contributed by atoms with Crippen LogP contribution in [0.3, 0.4) is 0 Å². The van der Waals surface area contributed by atoms with E-state index in [1.165, 1.54) is 11.8 Å². The first-order valence-electron chi connectivity index (χ1n) is 6.17. The van der Waals surface area contributed by atoms with Gasteiger partial charge in [-0.15, -0.1) is 0 Å². The number of carbonyl (C=O) groups excluding carboxylic acids is 2. The molecule has 106 valence electrons. The molecule has 0 radical (unpaired) electrons. The van der Waals surface area contributed by atoms with Gasteiger partial charge >= 0.3 is 11.9 Å². The van der Waals surface area contributed by atoms with Gasteiger partial charge in [0, 0.05) is 12.8 Å². The standard InChI is InChI=1S/C12H17NO6/c1-4-8(12(17)18)13-9(10(4)15)7(11(13)16)5(2)19-6(3)14/h4-5,7-10,15H,1-3H3,(H,17,18)/t4?,5?,7-,8?,9+,10?/m1/s1. The molecule has 4 unspecified atom stereocenters. The largest absolute Gasteiger partial charge is 0.480 e. The number of hydrogen-bond acceptors (Lipinski definition) is 5. The van der Waals surface area contributed by atoms with Crippen LogP contribution in [0.15, 0.2) is 0 Å². The van der Waals surface area contributed by atoms with Crippen LogP contribution in [-0.4, -0.2) is 57.3 Å². The number of aliphatic hydroxyl groups excluding tert-OH is 1. The minimum Gasteiger partial charge on any atom is -0.480 e. The zero-order chi connectivity index (χ0) is 14.5. The van der Waals surface area contributed by atoms with Gasteiger partial charge in [0.1, 0.15) is 12.1 Å². The van der Waals surface area contributed by atoms with E-state index in [4.69, 9.17) is 9.84 Å². The lowest BCUT2D eigenvalue weighted by Crippen LogP contribution is -2.67. The average molecular weight is 271 g/mol. The number of fused-ring (bicyclic) bond motifs is 1. The van der Waals surface area contributed by atoms with Crippen molar-refractivity contribution in [1.29, 1.82) is 0 Å². The molecular weight excluding hydrogens is 254 g/mol. The Bertz CT molecular complexity index is 436. The maximum atomic E-state index is 12.0. The van der Waals surface area contributed by atoms with Crippen molar-refractivity contribution in [2.24, 2.45) is 11.8 Å². The van der Waals surface area contributed by atoms with Crippen LogP contribution in [0.2, 0.25) is 0 Å². The molecule has 1 amide bonds. The number of aliphatic hydroxyl groups is 1. The monoisotopic (exact) mass is 271 g/mol. The number of rotatable bonds is 3. The molecule has 2 fully saturated rings. The van der Waals surface area contributed by atoms with Gasteiger partial charge in [0.2, 0.25) is 5.91 Å². The third kappa shape index (κ3) is 1.88. The van der Waals surface area contributed by atoms with E-state index in [-0.39, 0.29) is 5.91 Å². The fraction of sp³-hybridized carbons (Fsp3) is 0.750. The van der Waals surface area contributed by atoms with Gasteiger partial charge in [-0.3, -0.25) is 9.59 Å². The van der Waals surface area contributed by atoms with E-state index in [0.29, 0.717) is 0 Å². The van der Waals surface area contributed by atoms with Crippen LogP contribution in [0.1, 0.15) is 20.8 Å². The molecule has 6 atom stereocenters. The summed E-state index contributed by atoms with van der Waals surface area (Å²) in [4.78, 5) is 35.3. The van der Waals surface area contributed by atoms with Crippen molar-refractivity contribution >= 4 is 17.8 Å². The zero-order valence-corrected chi connectivity index (χ0v) is 10.9. The lowest BCUT2D eigenvalue weighted by Gasteiger charge is -2.47. The summed E-state index contributed by atoms with van der Waals surface area (Å²) in [6, 6.07) is -1.59. The number of amides is 1. The fourth-order valence-corrected chi connectivity index (χ4v) is 3.16. The lowest BCUT2D eigenvalue weighted by molar-refractivity contribution is -0.178. The Morgan fingerprint density at radius 3 is 2.47 bits per heavy atom. The molecule has 2 aliphatic heterocycles. The number of hydrogen-bond donors (Lipinski definition) is 2. The predicted molar refractivity (Wildman–Crippen MR) is 61.9 cm³/mol. The van der Waals surface area contributed by atoms with Crippen molar-refractivity contribution in [2.75, 3.05) is 0 Å². The molecule has 2 heterocycles. The Labute approximate surface area is 110 Å². The van der Waals surface area contributed by atoms with Crippen LogP contribution in [0.25, 0.3) is 0 Å². The minimum absolute atomic E-state index is 0.380. The molecule has 0 aromatic heterocycles. The molecule has 2 aliphatic rings. The van der Waals surface area contributed by atoms with Crippen LogP contribution >= 0.6 is 0 Å². The molecule has 2 N–H and O–H groups in total. The summed E-state index contributed by atoms with van der Waals surface area (Å²) in [5.41, 5.74) is 0. The maximum Gasteiger partial charge on any atom is 0.326 e. The third-order valence-corrected chi connectivity index (χ3v) is 4.03. The first-order chi connectivity index (χ1) is 8.77. The smallest absolute Gasteiger partial charge is 0.326 e. The zero-order valence-electron chi connectivity index (χ0n) is 10.9. The number of ether oxygens (including phenoxy) is 1. The summed E-state index contributed by atoms with van der Waals surface area (Å²) in [6.07, 6.45) is -1.58. The third-order valence-electron chi connectivity index (χ3n) is 4.03. The molecule has 2 saturated heterocycles. The number of aliphatic carboxylic acids is 1. The van der Waals surface area contributed by atoms with E-state index >= 15 is 0 Å². The van der Waals surface area contributed by atoms with E-state index in [9.17, 15) is 19.5 Å². The van der Waals surface area contributed by atoms with E-state index in [1.54, 1.807) is 13.8 Å². The first kappa shape index (κ1) is 13.8. The maximum absolute atomic E-state index is 12.0. The van der Waals surface area contributed by atoms with Gasteiger partial charge in [0.15, 0.2) is 0 Å². The van der Waals surface area contributed by atoms with Gasteiger partial charge in [-0.25, -0.2) is 4.79 Å². The van der Waals surface area contributed by atoms with Crippen LogP contribution < -0.4 is 0 Å². The molecule has 7 nitrogen and oxygen atoms in total. The summed E-state index contributed by atoms with van der Waals surface area (Å²) in [7, 11) is 0. The highest BCUT2D eigenvalue weighted by Crippen LogP contribution is 2.44. The van der Waals surface area contributed by atoms with Crippen molar-refractivity contribution < 1.29 is 29.3 Å². The van der Waals surface area contributed by atoms with Crippen molar-refractivity contribution in [1.82, 2.24) is 4.90 Å². The topological polar surface area (TPSA) is 104 Å². The molecule has 0 aliphatic carbocycles. The highest BCUT2D eigenvalue weighted by atomic mass is 16.5. The van der Waals surface area contributed by atoms with Gasteiger partial charge in [0.25, 0.3) is 0 Å². The summed E-state index contributed by atoms with van der Waals surface area (Å²) < 4.78 is 4.97. The van der Waals surface area contributed by atoms with E-state index in [0.717, 1.165) is 0 Å². The predicted octanol–water partition coefficient (Wildman–Crippen LogP) is -0.771. The number of carboxylic acid groups (broad SMARTS) is 1. The average Bonchev–Trinajstić information content (AvgIpc) is 2.49. The number of carbonyl (C=O) groups is 3. The molecule has 0 aromatic carbocycles. The fourth-order valence-electron chi connectivity index (χ4n) is 3.16. The van der Waals surface area contributed by atoms with E-state index in [2.05, 4.69) is 0 Å². The second-order valence-electron chi connectivity index (χ2n) is 5.21. The first-order valence-corrected chi connectivity index (χ1v) is 6.17. The van der Waals surface area contributed by atoms with Crippen molar-refractivity contribution in [3.05, 3.63) is 0 Å². The van der Waals surface area contributed by atoms with Crippen LogP contribution in [-0.2, 0) is 19.1 Å². The second-order valence-corrected chi connectivity index (χ2v) is 5.21. The molecule has 0 bridgehead atoms. The Morgan fingerprint density at radius 1 is 1.42 bits per heavy atom. The Kier molecular flexibility index (Phi) is 3.25. The van der Waals surface area contributed by atoms with Crippen molar-refractivity contribution in [2.45, 2.75) is 45.1 Å². The summed E-state index contributed by atoms with van der Waals surface area (Å²) in [5.74, 6) is -3.21. The number of carboxylic acids is 1. The van der Waals surface area contributed by atoms with Crippen molar-refractivity contribution in [3.8, 4) is 0 Å². The summed E-state index contributed by atoms with van der Waals surface area (Å²) in [5, 5.41) is 19.2. The quantitative estimate of drug-likeness (QED) is 0.516. The normalized spacial score (nSPS) is 38.4. The molecule has 0 spiro atoms. The molecular formula is C12H17NO6. The second kappa shape index (κ2) is 4.48. The minimum atomic E-state index is -1.12. The Balaban J connectivity index is 2.20. The van der Waals surface area contributed by atoms with Crippen LogP contribution in [0, 0.1) is 11.8 Å². The molecule has 0 aromatic rings. The van der Waals surface area contributed by atoms with E-state index < -0.39 is 48.1 Å². The van der Waals surface area contributed by atoms with Crippen LogP contribution in [0.4, 0.5) is 0 Å². The number of β-lactam (4-membered cyclic amide) rings is 1. The van der Waals surface area contributed by atoms with Gasteiger partial charge in [0.05, 0.1) is 18.1 Å². The molecule has 0 saturated carbocycles. The highest BCUT2D eigenvalue weighted by molar-refractivity contribution is 5.93. The van der Waals surface area contributed by atoms with Crippen LogP contribution in [0.5, 0.6) is 0 Å². The van der Waals surface area contributed by atoms with E-state index in [1.807, 2.05) is 0 Å². The number of esters is 1. The van der Waals surface area contributed by atoms with Gasteiger partial charge < -0.3 is 19.8 Å². The molecule has 7 heteroatoms. The molecule has 19 heavy (non-hydrogen) atoms. The summed E-state index contributed by atoms with van der Waals surface area (Å²) in [6.45, 7) is 4.42. The Morgan fingerprint density at radius 2 is 2.00 bits per heavy atom. The Hall–Kier alpha value is -1.63. The van der Waals surface area contributed by atoms with Gasteiger partial charge in [-0.05, 0) is 6.92 Å². The summed E-state index contributed by atoms with van der Waals surface area (Å²) >= 11 is 0. The number of nitrogens with zero attached hydrogens (tertiary/aromatic N) is 1. The lowest BCUT2D eigenvalue weighted by atomic mass is 9.82. The molecule has 2 rings (SSSR count). The van der Waals surface area contributed by atoms with Gasteiger partial charge in [-0.2, -0.15) is 0 Å². The SMILES string of the molecule is CC(=O)OC(C)[C@H]1C(=O)N2C(C(=O)O)C(C)C(O)[C@H]12. The highest BCUT2D eigenvalue weighted by Gasteiger charge is 2.65.